The topological polar surface area (TPSA) is 51.8 Å². The summed E-state index contributed by atoms with van der Waals surface area (Å²) in [5, 5.41) is 11.0. The summed E-state index contributed by atoms with van der Waals surface area (Å²) in [6, 6.07) is 7.66. The number of aryl methyl sites for hydroxylation is 1. The number of furan rings is 1. The predicted molar refractivity (Wildman–Crippen MR) is 63.7 cm³/mol. The van der Waals surface area contributed by atoms with Crippen LogP contribution in [0.3, 0.4) is 0 Å². The molecule has 1 atom stereocenters. The van der Waals surface area contributed by atoms with Gasteiger partial charge in [-0.2, -0.15) is 0 Å². The lowest BCUT2D eigenvalue weighted by Crippen LogP contribution is -2.22. The minimum absolute atomic E-state index is 0.444. The van der Waals surface area contributed by atoms with Gasteiger partial charge in [0.25, 0.3) is 0 Å². The second-order valence-electron chi connectivity index (χ2n) is 3.97. The predicted octanol–water partition coefficient (Wildman–Crippen LogP) is 2.39. The van der Waals surface area contributed by atoms with Crippen LogP contribution in [0.15, 0.2) is 28.7 Å². The van der Waals surface area contributed by atoms with Crippen molar-refractivity contribution in [1.82, 2.24) is 0 Å². The van der Waals surface area contributed by atoms with E-state index in [2.05, 4.69) is 0 Å². The Morgan fingerprint density at radius 2 is 1.88 bits per heavy atom. The van der Waals surface area contributed by atoms with Crippen LogP contribution in [0.5, 0.6) is 0 Å². The van der Waals surface area contributed by atoms with Crippen LogP contribution < -0.4 is 0 Å². The summed E-state index contributed by atoms with van der Waals surface area (Å²) in [5.74, 6) is 0.444. The van der Waals surface area contributed by atoms with Crippen LogP contribution in [0, 0.1) is 6.92 Å². The van der Waals surface area contributed by atoms with E-state index in [-0.39, 0.29) is 0 Å². The van der Waals surface area contributed by atoms with E-state index in [9.17, 15) is 5.11 Å². The van der Waals surface area contributed by atoms with Gasteiger partial charge in [-0.05, 0) is 25.1 Å². The SMILES string of the molecule is COC(OC)C(O)c1cc2cc(C)ccc2o1. The van der Waals surface area contributed by atoms with Crippen LogP contribution in [-0.2, 0) is 9.47 Å². The Bertz CT molecular complexity index is 499. The van der Waals surface area contributed by atoms with E-state index in [1.807, 2.05) is 25.1 Å². The summed E-state index contributed by atoms with van der Waals surface area (Å²) in [6.07, 6.45) is -1.66. The van der Waals surface area contributed by atoms with Gasteiger partial charge in [-0.1, -0.05) is 11.6 Å². The first-order valence-electron chi connectivity index (χ1n) is 5.39. The van der Waals surface area contributed by atoms with Gasteiger partial charge in [-0.3, -0.25) is 0 Å². The summed E-state index contributed by atoms with van der Waals surface area (Å²) in [5.41, 5.74) is 1.89. The van der Waals surface area contributed by atoms with E-state index in [1.165, 1.54) is 14.2 Å². The van der Waals surface area contributed by atoms with Crippen LogP contribution in [-0.4, -0.2) is 25.6 Å². The third-order valence-electron chi connectivity index (χ3n) is 2.70. The molecule has 1 heterocycles. The Labute approximate surface area is 99.8 Å². The lowest BCUT2D eigenvalue weighted by Gasteiger charge is -2.17. The van der Waals surface area contributed by atoms with E-state index in [0.717, 1.165) is 16.5 Å². The maximum Gasteiger partial charge on any atom is 0.190 e. The molecule has 0 aliphatic carbocycles. The molecule has 1 N–H and O–H groups in total. The molecule has 1 aromatic heterocycles. The Kier molecular flexibility index (Phi) is 3.47. The number of ether oxygens (including phenoxy) is 2. The summed E-state index contributed by atoms with van der Waals surface area (Å²) in [6.45, 7) is 2.01. The number of hydrogen-bond acceptors (Lipinski definition) is 4. The Balaban J connectivity index is 2.35. The molecule has 0 amide bonds. The monoisotopic (exact) mass is 236 g/mol. The molecule has 0 saturated heterocycles. The van der Waals surface area contributed by atoms with Gasteiger partial charge < -0.3 is 19.0 Å². The molecular formula is C13H16O4. The van der Waals surface area contributed by atoms with Crippen LogP contribution in [0.25, 0.3) is 11.0 Å². The molecule has 92 valence electrons. The Hall–Kier alpha value is -1.36. The van der Waals surface area contributed by atoms with E-state index in [4.69, 9.17) is 13.9 Å². The molecule has 0 fully saturated rings. The van der Waals surface area contributed by atoms with E-state index < -0.39 is 12.4 Å². The normalized spacial score (nSPS) is 13.5. The van der Waals surface area contributed by atoms with Crippen molar-refractivity contribution in [3.63, 3.8) is 0 Å². The third-order valence-corrected chi connectivity index (χ3v) is 2.70. The number of methoxy groups -OCH3 is 2. The van der Waals surface area contributed by atoms with Gasteiger partial charge in [0.15, 0.2) is 12.4 Å². The summed E-state index contributed by atoms with van der Waals surface area (Å²) < 4.78 is 15.6. The largest absolute Gasteiger partial charge is 0.458 e. The highest BCUT2D eigenvalue weighted by Crippen LogP contribution is 2.27. The number of benzene rings is 1. The molecule has 0 spiro atoms. The average molecular weight is 236 g/mol. The summed E-state index contributed by atoms with van der Waals surface area (Å²) in [4.78, 5) is 0. The van der Waals surface area contributed by atoms with Gasteiger partial charge in [-0.15, -0.1) is 0 Å². The fraction of sp³-hybridized carbons (Fsp3) is 0.385. The number of fused-ring (bicyclic) bond motifs is 1. The number of aliphatic hydroxyl groups is 1. The molecule has 0 saturated carbocycles. The maximum absolute atomic E-state index is 10.0. The maximum atomic E-state index is 10.0. The van der Waals surface area contributed by atoms with Crippen molar-refractivity contribution in [2.45, 2.75) is 19.3 Å². The van der Waals surface area contributed by atoms with Crippen LogP contribution >= 0.6 is 0 Å². The standard InChI is InChI=1S/C13H16O4/c1-8-4-5-10-9(6-8)7-11(17-10)12(14)13(15-2)16-3/h4-7,12-14H,1-3H3. The third kappa shape index (κ3) is 2.34. The minimum atomic E-state index is -0.933. The molecule has 4 nitrogen and oxygen atoms in total. The molecule has 2 rings (SSSR count). The molecule has 0 bridgehead atoms. The van der Waals surface area contributed by atoms with Crippen molar-refractivity contribution >= 4 is 11.0 Å². The van der Waals surface area contributed by atoms with Gasteiger partial charge in [0.1, 0.15) is 11.3 Å². The minimum Gasteiger partial charge on any atom is -0.458 e. The van der Waals surface area contributed by atoms with Crippen LogP contribution in [0.2, 0.25) is 0 Å². The van der Waals surface area contributed by atoms with Crippen LogP contribution in [0.4, 0.5) is 0 Å². The van der Waals surface area contributed by atoms with Gasteiger partial charge >= 0.3 is 0 Å². The second-order valence-corrected chi connectivity index (χ2v) is 3.97. The van der Waals surface area contributed by atoms with Gasteiger partial charge in [-0.25, -0.2) is 0 Å². The fourth-order valence-electron chi connectivity index (χ4n) is 1.82. The lowest BCUT2D eigenvalue weighted by atomic mass is 10.1. The zero-order valence-electron chi connectivity index (χ0n) is 10.1. The Morgan fingerprint density at radius 3 is 2.53 bits per heavy atom. The Morgan fingerprint density at radius 1 is 1.18 bits per heavy atom. The van der Waals surface area contributed by atoms with Crippen molar-refractivity contribution in [2.24, 2.45) is 0 Å². The van der Waals surface area contributed by atoms with Crippen molar-refractivity contribution in [3.05, 3.63) is 35.6 Å². The zero-order valence-corrected chi connectivity index (χ0v) is 10.1. The van der Waals surface area contributed by atoms with Gasteiger partial charge in [0, 0.05) is 19.6 Å². The highest BCUT2D eigenvalue weighted by atomic mass is 16.7. The highest BCUT2D eigenvalue weighted by molar-refractivity contribution is 5.78. The van der Waals surface area contributed by atoms with Gasteiger partial charge in [0.2, 0.25) is 0 Å². The van der Waals surface area contributed by atoms with Gasteiger partial charge in [0.05, 0.1) is 0 Å². The smallest absolute Gasteiger partial charge is 0.190 e. The fourth-order valence-corrected chi connectivity index (χ4v) is 1.82. The van der Waals surface area contributed by atoms with Crippen molar-refractivity contribution in [1.29, 1.82) is 0 Å². The molecule has 1 unspecified atom stereocenters. The number of rotatable bonds is 4. The van der Waals surface area contributed by atoms with Crippen molar-refractivity contribution < 1.29 is 19.0 Å². The zero-order chi connectivity index (χ0) is 12.4. The number of hydrogen-bond donors (Lipinski definition) is 1. The molecule has 1 aromatic carbocycles. The van der Waals surface area contributed by atoms with Crippen molar-refractivity contribution in [3.8, 4) is 0 Å². The quantitative estimate of drug-likeness (QED) is 0.828. The highest BCUT2D eigenvalue weighted by Gasteiger charge is 2.23. The van der Waals surface area contributed by atoms with Crippen molar-refractivity contribution in [2.75, 3.05) is 14.2 Å². The number of aliphatic hydroxyl groups excluding tert-OH is 1. The second kappa shape index (κ2) is 4.87. The molecule has 17 heavy (non-hydrogen) atoms. The molecule has 2 aromatic rings. The molecular weight excluding hydrogens is 220 g/mol. The first kappa shape index (κ1) is 12.1. The van der Waals surface area contributed by atoms with E-state index in [0.29, 0.717) is 5.76 Å². The molecule has 0 aliphatic rings. The lowest BCUT2D eigenvalue weighted by molar-refractivity contribution is -0.170. The molecule has 4 heteroatoms. The first-order valence-corrected chi connectivity index (χ1v) is 5.39. The summed E-state index contributed by atoms with van der Waals surface area (Å²) in [7, 11) is 2.95. The molecule has 0 radical (unpaired) electrons. The first-order chi connectivity index (χ1) is 8.15. The van der Waals surface area contributed by atoms with Crippen LogP contribution in [0.1, 0.15) is 17.4 Å². The van der Waals surface area contributed by atoms with E-state index in [1.54, 1.807) is 6.07 Å². The molecule has 0 aliphatic heterocycles. The van der Waals surface area contributed by atoms with E-state index >= 15 is 0 Å². The summed E-state index contributed by atoms with van der Waals surface area (Å²) >= 11 is 0. The average Bonchev–Trinajstić information content (AvgIpc) is 2.73.